The molecule has 1 fully saturated rings. The van der Waals surface area contributed by atoms with Gasteiger partial charge in [0.25, 0.3) is 0 Å². The van der Waals surface area contributed by atoms with Crippen LogP contribution in [0.1, 0.15) is 5.69 Å². The minimum atomic E-state index is -4.44. The highest BCUT2D eigenvalue weighted by molar-refractivity contribution is 5.25. The van der Waals surface area contributed by atoms with Crippen LogP contribution in [0.4, 0.5) is 19.1 Å². The lowest BCUT2D eigenvalue weighted by atomic mass is 10.4. The molecule has 8 heteroatoms. The van der Waals surface area contributed by atoms with Crippen LogP contribution >= 0.6 is 0 Å². The lowest BCUT2D eigenvalue weighted by molar-refractivity contribution is -0.141. The predicted molar refractivity (Wildman–Crippen MR) is 62.8 cm³/mol. The van der Waals surface area contributed by atoms with Crippen LogP contribution in [0.15, 0.2) is 12.3 Å². The zero-order valence-electron chi connectivity index (χ0n) is 10.3. The van der Waals surface area contributed by atoms with Gasteiger partial charge >= 0.3 is 6.18 Å². The molecule has 19 heavy (non-hydrogen) atoms. The summed E-state index contributed by atoms with van der Waals surface area (Å²) in [5, 5.41) is 2.80. The van der Waals surface area contributed by atoms with Crippen LogP contribution < -0.4 is 5.32 Å². The predicted octanol–water partition coefficient (Wildman–Crippen LogP) is 1.24. The van der Waals surface area contributed by atoms with Crippen LogP contribution in [0.3, 0.4) is 0 Å². The number of halogens is 3. The lowest BCUT2D eigenvalue weighted by Crippen LogP contribution is -2.39. The van der Waals surface area contributed by atoms with Crippen molar-refractivity contribution >= 4 is 5.95 Å². The van der Waals surface area contributed by atoms with E-state index in [1.165, 1.54) is 0 Å². The molecule has 106 valence electrons. The van der Waals surface area contributed by atoms with Crippen molar-refractivity contribution in [2.75, 3.05) is 44.7 Å². The van der Waals surface area contributed by atoms with Crippen molar-refractivity contribution in [3.05, 3.63) is 18.0 Å². The standard InChI is InChI=1S/C11H15F3N4O/c12-11(13,14)9-1-2-15-10(17-9)16-3-4-18-5-7-19-8-6-18/h1-2H,3-8H2,(H,15,16,17). The molecular weight excluding hydrogens is 261 g/mol. The summed E-state index contributed by atoms with van der Waals surface area (Å²) < 4.78 is 42.5. The summed E-state index contributed by atoms with van der Waals surface area (Å²) in [6.45, 7) is 4.29. The molecule has 1 saturated heterocycles. The number of morpholine rings is 1. The van der Waals surface area contributed by atoms with Gasteiger partial charge in [-0.15, -0.1) is 0 Å². The Morgan fingerprint density at radius 1 is 1.32 bits per heavy atom. The second-order valence-electron chi connectivity index (χ2n) is 4.14. The second kappa shape index (κ2) is 6.16. The average molecular weight is 276 g/mol. The molecule has 1 aromatic heterocycles. The van der Waals surface area contributed by atoms with E-state index in [0.717, 1.165) is 31.9 Å². The van der Waals surface area contributed by atoms with E-state index in [0.29, 0.717) is 19.8 Å². The number of anilines is 1. The number of ether oxygens (including phenoxy) is 1. The number of nitrogens with one attached hydrogen (secondary N) is 1. The molecule has 0 spiro atoms. The molecule has 5 nitrogen and oxygen atoms in total. The van der Waals surface area contributed by atoms with Crippen molar-refractivity contribution in [2.45, 2.75) is 6.18 Å². The zero-order chi connectivity index (χ0) is 13.7. The number of aromatic nitrogens is 2. The third-order valence-electron chi connectivity index (χ3n) is 2.76. The normalized spacial score (nSPS) is 17.4. The van der Waals surface area contributed by atoms with Crippen LogP contribution in [0.2, 0.25) is 0 Å². The van der Waals surface area contributed by atoms with Gasteiger partial charge in [-0.1, -0.05) is 0 Å². The highest BCUT2D eigenvalue weighted by Gasteiger charge is 2.32. The van der Waals surface area contributed by atoms with E-state index in [2.05, 4.69) is 20.2 Å². The topological polar surface area (TPSA) is 50.3 Å². The summed E-state index contributed by atoms with van der Waals surface area (Å²) >= 11 is 0. The third kappa shape index (κ3) is 4.32. The quantitative estimate of drug-likeness (QED) is 0.896. The first-order chi connectivity index (χ1) is 9.05. The molecule has 0 amide bonds. The summed E-state index contributed by atoms with van der Waals surface area (Å²) in [7, 11) is 0. The number of rotatable bonds is 4. The van der Waals surface area contributed by atoms with Crippen molar-refractivity contribution in [3.63, 3.8) is 0 Å². The highest BCUT2D eigenvalue weighted by atomic mass is 19.4. The van der Waals surface area contributed by atoms with E-state index in [1.807, 2.05) is 0 Å². The van der Waals surface area contributed by atoms with Gasteiger partial charge in [0.1, 0.15) is 5.69 Å². The van der Waals surface area contributed by atoms with E-state index in [1.54, 1.807) is 0 Å². The Balaban J connectivity index is 1.82. The Morgan fingerprint density at radius 2 is 2.05 bits per heavy atom. The maximum atomic E-state index is 12.4. The van der Waals surface area contributed by atoms with E-state index in [-0.39, 0.29) is 5.95 Å². The smallest absolute Gasteiger partial charge is 0.379 e. The van der Waals surface area contributed by atoms with Crippen LogP contribution in [0.5, 0.6) is 0 Å². The summed E-state index contributed by atoms with van der Waals surface area (Å²) in [4.78, 5) is 9.38. The van der Waals surface area contributed by atoms with Crippen LogP contribution in [0.25, 0.3) is 0 Å². The highest BCUT2D eigenvalue weighted by Crippen LogP contribution is 2.27. The molecule has 2 rings (SSSR count). The zero-order valence-corrected chi connectivity index (χ0v) is 10.3. The molecule has 0 saturated carbocycles. The van der Waals surface area contributed by atoms with Gasteiger partial charge in [-0.3, -0.25) is 4.90 Å². The second-order valence-corrected chi connectivity index (χ2v) is 4.14. The molecule has 2 heterocycles. The minimum absolute atomic E-state index is 0.00286. The number of alkyl halides is 3. The van der Waals surface area contributed by atoms with E-state index in [9.17, 15) is 13.2 Å². The van der Waals surface area contributed by atoms with Crippen molar-refractivity contribution in [1.29, 1.82) is 0 Å². The van der Waals surface area contributed by atoms with Gasteiger partial charge in [0.05, 0.1) is 13.2 Å². The Labute approximate surface area is 108 Å². The average Bonchev–Trinajstić information content (AvgIpc) is 2.39. The van der Waals surface area contributed by atoms with Crippen molar-refractivity contribution in [2.24, 2.45) is 0 Å². The van der Waals surface area contributed by atoms with Crippen LogP contribution in [-0.4, -0.2) is 54.3 Å². The Bertz CT molecular complexity index is 407. The van der Waals surface area contributed by atoms with Gasteiger partial charge in [-0.2, -0.15) is 13.2 Å². The molecule has 1 aliphatic heterocycles. The SMILES string of the molecule is FC(F)(F)c1ccnc(NCCN2CCOCC2)n1. The van der Waals surface area contributed by atoms with Crippen molar-refractivity contribution < 1.29 is 17.9 Å². The van der Waals surface area contributed by atoms with Gasteiger partial charge in [-0.05, 0) is 6.07 Å². The third-order valence-corrected chi connectivity index (χ3v) is 2.76. The number of nitrogens with zero attached hydrogens (tertiary/aromatic N) is 3. The first kappa shape index (κ1) is 14.0. The molecule has 0 aliphatic carbocycles. The fraction of sp³-hybridized carbons (Fsp3) is 0.636. The Hall–Kier alpha value is -1.41. The molecule has 1 aromatic rings. The van der Waals surface area contributed by atoms with Crippen molar-refractivity contribution in [1.82, 2.24) is 14.9 Å². The molecule has 0 aromatic carbocycles. The van der Waals surface area contributed by atoms with Crippen LogP contribution in [-0.2, 0) is 10.9 Å². The summed E-state index contributed by atoms with van der Waals surface area (Å²) in [6, 6.07) is 0.854. The summed E-state index contributed by atoms with van der Waals surface area (Å²) in [5.74, 6) is 0.00286. The molecule has 0 atom stereocenters. The van der Waals surface area contributed by atoms with E-state index >= 15 is 0 Å². The maximum Gasteiger partial charge on any atom is 0.433 e. The van der Waals surface area contributed by atoms with Crippen LogP contribution in [0, 0.1) is 0 Å². The number of hydrogen-bond acceptors (Lipinski definition) is 5. The van der Waals surface area contributed by atoms with Gasteiger partial charge in [0, 0.05) is 32.4 Å². The Morgan fingerprint density at radius 3 is 2.74 bits per heavy atom. The molecule has 0 unspecified atom stereocenters. The summed E-state index contributed by atoms with van der Waals surface area (Å²) in [6.07, 6.45) is -3.34. The molecule has 0 bridgehead atoms. The first-order valence-corrected chi connectivity index (χ1v) is 6.00. The minimum Gasteiger partial charge on any atom is -0.379 e. The molecule has 1 N–H and O–H groups in total. The van der Waals surface area contributed by atoms with Gasteiger partial charge < -0.3 is 10.1 Å². The fourth-order valence-corrected chi connectivity index (χ4v) is 1.75. The first-order valence-electron chi connectivity index (χ1n) is 6.00. The maximum absolute atomic E-state index is 12.4. The monoisotopic (exact) mass is 276 g/mol. The molecule has 1 aliphatic rings. The van der Waals surface area contributed by atoms with Gasteiger partial charge in [0.15, 0.2) is 0 Å². The fourth-order valence-electron chi connectivity index (χ4n) is 1.75. The van der Waals surface area contributed by atoms with E-state index < -0.39 is 11.9 Å². The van der Waals surface area contributed by atoms with Gasteiger partial charge in [0.2, 0.25) is 5.95 Å². The van der Waals surface area contributed by atoms with Gasteiger partial charge in [-0.25, -0.2) is 9.97 Å². The molecular formula is C11H15F3N4O. The number of hydrogen-bond donors (Lipinski definition) is 1. The lowest BCUT2D eigenvalue weighted by Gasteiger charge is -2.26. The largest absolute Gasteiger partial charge is 0.433 e. The van der Waals surface area contributed by atoms with E-state index in [4.69, 9.17) is 4.74 Å². The summed E-state index contributed by atoms with van der Waals surface area (Å²) in [5.41, 5.74) is -0.934. The van der Waals surface area contributed by atoms with Crippen molar-refractivity contribution in [3.8, 4) is 0 Å². The molecule has 0 radical (unpaired) electrons. The Kier molecular flexibility index (Phi) is 4.54.